The van der Waals surface area contributed by atoms with Crippen molar-refractivity contribution in [2.24, 2.45) is 5.92 Å². The lowest BCUT2D eigenvalue weighted by Gasteiger charge is -2.29. The van der Waals surface area contributed by atoms with Crippen LogP contribution in [0.4, 0.5) is 0 Å². The van der Waals surface area contributed by atoms with Crippen LogP contribution in [0.25, 0.3) is 6.08 Å². The van der Waals surface area contributed by atoms with Gasteiger partial charge in [0.1, 0.15) is 0 Å². The van der Waals surface area contributed by atoms with E-state index in [1.165, 1.54) is 36.7 Å². The Kier molecular flexibility index (Phi) is 5.84. The summed E-state index contributed by atoms with van der Waals surface area (Å²) in [6, 6.07) is 2.92. The van der Waals surface area contributed by atoms with Gasteiger partial charge in [0, 0.05) is 29.5 Å². The van der Waals surface area contributed by atoms with Gasteiger partial charge < -0.3 is 14.6 Å². The van der Waals surface area contributed by atoms with Gasteiger partial charge in [-0.3, -0.25) is 4.79 Å². The minimum atomic E-state index is -0.479. The van der Waals surface area contributed by atoms with Gasteiger partial charge in [-0.15, -0.1) is 0 Å². The van der Waals surface area contributed by atoms with Crippen molar-refractivity contribution in [3.05, 3.63) is 29.1 Å². The van der Waals surface area contributed by atoms with Gasteiger partial charge in [0.05, 0.1) is 0 Å². The highest BCUT2D eigenvalue weighted by molar-refractivity contribution is 5.89. The molecule has 1 aromatic rings. The molecule has 5 nitrogen and oxygen atoms in total. The van der Waals surface area contributed by atoms with Crippen LogP contribution in [0.5, 0.6) is 0 Å². The Morgan fingerprint density at radius 3 is 2.65 bits per heavy atom. The third kappa shape index (κ3) is 4.57. The van der Waals surface area contributed by atoms with Crippen molar-refractivity contribution < 1.29 is 14.3 Å². The van der Waals surface area contributed by atoms with Crippen LogP contribution in [-0.4, -0.2) is 29.1 Å². The summed E-state index contributed by atoms with van der Waals surface area (Å²) in [5.74, 6) is -0.199. The van der Waals surface area contributed by atoms with Crippen LogP contribution in [0.3, 0.4) is 0 Å². The zero-order valence-corrected chi connectivity index (χ0v) is 16.1. The molecule has 142 valence electrons. The Morgan fingerprint density at radius 1 is 1.23 bits per heavy atom. The molecule has 1 aromatic heterocycles. The number of nitrogens with zero attached hydrogens (tertiary/aromatic N) is 1. The van der Waals surface area contributed by atoms with Gasteiger partial charge in [-0.2, -0.15) is 0 Å². The highest BCUT2D eigenvalue weighted by Crippen LogP contribution is 2.38. The van der Waals surface area contributed by atoms with E-state index in [-0.39, 0.29) is 18.6 Å². The molecule has 0 saturated heterocycles. The van der Waals surface area contributed by atoms with Crippen LogP contribution >= 0.6 is 0 Å². The van der Waals surface area contributed by atoms with Gasteiger partial charge in [0.2, 0.25) is 0 Å². The molecule has 2 saturated carbocycles. The summed E-state index contributed by atoms with van der Waals surface area (Å²) in [6.45, 7) is 6.12. The molecular formula is C21H30N2O3. The fourth-order valence-electron chi connectivity index (χ4n) is 3.99. The van der Waals surface area contributed by atoms with E-state index in [4.69, 9.17) is 4.74 Å². The number of nitrogens with one attached hydrogen (secondary N) is 1. The van der Waals surface area contributed by atoms with Crippen molar-refractivity contribution in [2.45, 2.75) is 71.4 Å². The maximum atomic E-state index is 12.0. The van der Waals surface area contributed by atoms with Crippen LogP contribution in [-0.2, 0) is 14.3 Å². The molecule has 1 heterocycles. The van der Waals surface area contributed by atoms with E-state index in [1.54, 1.807) is 6.08 Å². The lowest BCUT2D eigenvalue weighted by atomic mass is 9.86. The van der Waals surface area contributed by atoms with E-state index in [0.717, 1.165) is 24.8 Å². The Bertz CT molecular complexity index is 700. The number of carbonyl (C=O) groups is 2. The third-order valence-corrected chi connectivity index (χ3v) is 5.64. The molecule has 0 spiro atoms. The van der Waals surface area contributed by atoms with Crippen molar-refractivity contribution in [1.29, 1.82) is 0 Å². The third-order valence-electron chi connectivity index (χ3n) is 5.64. The van der Waals surface area contributed by atoms with Gasteiger partial charge in [0.15, 0.2) is 6.61 Å². The summed E-state index contributed by atoms with van der Waals surface area (Å²) in [7, 11) is 0. The standard InChI is InChI=1S/C21H30N2O3/c1-14-6-4-5-7-19(14)22-20(24)13-26-21(25)11-8-17-12-15(2)23(16(17)3)18-9-10-18/h8,11-12,14,18-19H,4-7,9-10,13H2,1-3H3,(H,22,24)/b11-8+/t14-,19-/m0/s1. The first kappa shape index (κ1) is 18.7. The molecule has 26 heavy (non-hydrogen) atoms. The second-order valence-corrected chi connectivity index (χ2v) is 7.80. The van der Waals surface area contributed by atoms with Crippen LogP contribution in [0.1, 0.15) is 68.4 Å². The molecule has 2 aliphatic rings. The molecule has 3 rings (SSSR count). The maximum absolute atomic E-state index is 12.0. The Morgan fingerprint density at radius 2 is 1.96 bits per heavy atom. The number of ether oxygens (including phenoxy) is 1. The highest BCUT2D eigenvalue weighted by atomic mass is 16.5. The van der Waals surface area contributed by atoms with Crippen molar-refractivity contribution in [3.63, 3.8) is 0 Å². The van der Waals surface area contributed by atoms with Crippen LogP contribution < -0.4 is 5.32 Å². The SMILES string of the molecule is Cc1cc(/C=C/C(=O)OCC(=O)N[C@H]2CCCC[C@@H]2C)c(C)n1C1CC1. The van der Waals surface area contributed by atoms with E-state index in [2.05, 4.69) is 36.7 Å². The molecule has 1 amide bonds. The van der Waals surface area contributed by atoms with Gasteiger partial charge in [-0.05, 0) is 63.2 Å². The second kappa shape index (κ2) is 8.11. The van der Waals surface area contributed by atoms with Crippen LogP contribution in [0.2, 0.25) is 0 Å². The summed E-state index contributed by atoms with van der Waals surface area (Å²) in [5.41, 5.74) is 3.43. The monoisotopic (exact) mass is 358 g/mol. The Balaban J connectivity index is 1.47. The molecule has 2 aliphatic carbocycles. The average molecular weight is 358 g/mol. The van der Waals surface area contributed by atoms with Gasteiger partial charge in [-0.25, -0.2) is 4.79 Å². The molecule has 0 aromatic carbocycles. The normalized spacial score (nSPS) is 23.2. The first-order chi connectivity index (χ1) is 12.5. The molecule has 5 heteroatoms. The average Bonchev–Trinajstić information content (AvgIpc) is 3.39. The minimum absolute atomic E-state index is 0.207. The van der Waals surface area contributed by atoms with E-state index in [9.17, 15) is 9.59 Å². The van der Waals surface area contributed by atoms with Crippen molar-refractivity contribution in [3.8, 4) is 0 Å². The Labute approximate surface area is 155 Å². The number of esters is 1. The van der Waals surface area contributed by atoms with E-state index in [1.807, 2.05) is 0 Å². The topological polar surface area (TPSA) is 60.3 Å². The highest BCUT2D eigenvalue weighted by Gasteiger charge is 2.26. The largest absolute Gasteiger partial charge is 0.452 e. The lowest BCUT2D eigenvalue weighted by molar-refractivity contribution is -0.144. The molecule has 1 N–H and O–H groups in total. The summed E-state index contributed by atoms with van der Waals surface area (Å²) in [4.78, 5) is 23.9. The molecule has 0 aliphatic heterocycles. The smallest absolute Gasteiger partial charge is 0.331 e. The second-order valence-electron chi connectivity index (χ2n) is 7.80. The summed E-state index contributed by atoms with van der Waals surface area (Å²) >= 11 is 0. The van der Waals surface area contributed by atoms with Crippen LogP contribution in [0.15, 0.2) is 12.1 Å². The molecular weight excluding hydrogens is 328 g/mol. The van der Waals surface area contributed by atoms with Crippen LogP contribution in [0, 0.1) is 19.8 Å². The van der Waals surface area contributed by atoms with Crippen molar-refractivity contribution in [2.75, 3.05) is 6.61 Å². The number of aryl methyl sites for hydroxylation is 1. The Hall–Kier alpha value is -2.04. The van der Waals surface area contributed by atoms with Gasteiger partial charge in [-0.1, -0.05) is 19.8 Å². The number of hydrogen-bond acceptors (Lipinski definition) is 3. The fourth-order valence-corrected chi connectivity index (χ4v) is 3.99. The molecule has 0 unspecified atom stereocenters. The molecule has 2 fully saturated rings. The van der Waals surface area contributed by atoms with Gasteiger partial charge in [0.25, 0.3) is 5.91 Å². The zero-order chi connectivity index (χ0) is 18.7. The van der Waals surface area contributed by atoms with E-state index in [0.29, 0.717) is 12.0 Å². The summed E-state index contributed by atoms with van der Waals surface area (Å²) < 4.78 is 7.43. The minimum Gasteiger partial charge on any atom is -0.452 e. The number of hydrogen-bond donors (Lipinski definition) is 1. The number of rotatable bonds is 6. The predicted molar refractivity (Wildman–Crippen MR) is 102 cm³/mol. The summed E-state index contributed by atoms with van der Waals surface area (Å²) in [6.07, 6.45) is 10.2. The summed E-state index contributed by atoms with van der Waals surface area (Å²) in [5, 5.41) is 2.99. The fraction of sp³-hybridized carbons (Fsp3) is 0.619. The number of amides is 1. The number of carbonyl (C=O) groups excluding carboxylic acids is 2. The van der Waals surface area contributed by atoms with E-state index < -0.39 is 5.97 Å². The molecule has 0 bridgehead atoms. The first-order valence-electron chi connectivity index (χ1n) is 9.78. The van der Waals surface area contributed by atoms with Crippen molar-refractivity contribution in [1.82, 2.24) is 9.88 Å². The number of aromatic nitrogens is 1. The zero-order valence-electron chi connectivity index (χ0n) is 16.1. The first-order valence-corrected chi connectivity index (χ1v) is 9.78. The maximum Gasteiger partial charge on any atom is 0.331 e. The molecule has 0 radical (unpaired) electrons. The van der Waals surface area contributed by atoms with E-state index >= 15 is 0 Å². The van der Waals surface area contributed by atoms with Crippen molar-refractivity contribution >= 4 is 18.0 Å². The lowest BCUT2D eigenvalue weighted by Crippen LogP contribution is -2.42. The quantitative estimate of drug-likeness (QED) is 0.623. The molecule has 2 atom stereocenters. The predicted octanol–water partition coefficient (Wildman–Crippen LogP) is 3.69. The van der Waals surface area contributed by atoms with Gasteiger partial charge >= 0.3 is 5.97 Å².